The normalized spacial score (nSPS) is 13.5. The van der Waals surface area contributed by atoms with Crippen LogP contribution >= 0.6 is 0 Å². The van der Waals surface area contributed by atoms with Crippen LogP contribution in [0.4, 0.5) is 26.3 Å². The van der Waals surface area contributed by atoms with E-state index in [0.29, 0.717) is 0 Å². The highest BCUT2D eigenvalue weighted by Gasteiger charge is 2.48. The molecule has 0 bridgehead atoms. The number of ketones is 1. The molecule has 0 unspecified atom stereocenters. The number of hydrogen-bond donors (Lipinski definition) is 2. The summed E-state index contributed by atoms with van der Waals surface area (Å²) in [5, 5.41) is 7.12. The van der Waals surface area contributed by atoms with Crippen molar-refractivity contribution < 1.29 is 41.0 Å². The number of aliphatic carboxylic acids is 1. The molecule has 0 saturated heterocycles. The average molecular weight is 387 g/mol. The molecule has 0 heterocycles. The summed E-state index contributed by atoms with van der Waals surface area (Å²) in [4.78, 5) is 20.7. The van der Waals surface area contributed by atoms with Gasteiger partial charge in [0.1, 0.15) is 5.82 Å². The van der Waals surface area contributed by atoms with Crippen LogP contribution in [-0.4, -0.2) is 23.0 Å². The number of rotatable bonds is 3. The van der Waals surface area contributed by atoms with Gasteiger partial charge >= 0.3 is 18.1 Å². The Bertz CT molecular complexity index is 663. The molecule has 0 radical (unpaired) electrons. The minimum Gasteiger partial charge on any atom is -0.475 e. The van der Waals surface area contributed by atoms with E-state index >= 15 is 0 Å². The summed E-state index contributed by atoms with van der Waals surface area (Å²) in [7, 11) is 0. The molecule has 0 aliphatic heterocycles. The predicted molar refractivity (Wildman–Crippen MR) is 81.0 cm³/mol. The van der Waals surface area contributed by atoms with E-state index in [-0.39, 0.29) is 5.56 Å². The first kappa shape index (κ1) is 23.9. The third-order valence-corrected chi connectivity index (χ3v) is 3.07. The fourth-order valence-electron chi connectivity index (χ4n) is 1.74. The third kappa shape index (κ3) is 6.01. The molecular formula is C16H19F6NO3. The van der Waals surface area contributed by atoms with Crippen LogP contribution in [-0.2, 0) is 15.5 Å². The molecule has 26 heavy (non-hydrogen) atoms. The number of nitrogens with two attached hydrogens (primary N) is 1. The summed E-state index contributed by atoms with van der Waals surface area (Å²) in [6, 6.07) is 2.81. The van der Waals surface area contributed by atoms with Gasteiger partial charge in [-0.1, -0.05) is 32.9 Å². The van der Waals surface area contributed by atoms with Crippen molar-refractivity contribution in [1.82, 2.24) is 0 Å². The van der Waals surface area contributed by atoms with Crippen LogP contribution in [0.15, 0.2) is 18.2 Å². The molecule has 1 rings (SSSR count). The van der Waals surface area contributed by atoms with Gasteiger partial charge in [0.05, 0.1) is 5.56 Å². The number of carboxylic acids is 1. The molecule has 4 nitrogen and oxygen atoms in total. The van der Waals surface area contributed by atoms with Crippen molar-refractivity contribution >= 4 is 11.8 Å². The summed E-state index contributed by atoms with van der Waals surface area (Å²) in [5.74, 6) is -9.05. The Balaban J connectivity index is 0.000000758. The molecular weight excluding hydrogens is 368 g/mol. The van der Waals surface area contributed by atoms with Crippen molar-refractivity contribution in [1.29, 1.82) is 0 Å². The Kier molecular flexibility index (Phi) is 7.41. The highest BCUT2D eigenvalue weighted by atomic mass is 19.4. The average Bonchev–Trinajstić information content (AvgIpc) is 2.44. The molecule has 0 amide bonds. The summed E-state index contributed by atoms with van der Waals surface area (Å²) in [6.45, 7) is 5.61. The van der Waals surface area contributed by atoms with Gasteiger partial charge in [-0.05, 0) is 13.0 Å². The summed E-state index contributed by atoms with van der Waals surface area (Å²) >= 11 is 0. The van der Waals surface area contributed by atoms with Crippen molar-refractivity contribution in [3.63, 3.8) is 0 Å². The second-order valence-electron chi connectivity index (χ2n) is 6.45. The molecule has 1 aromatic rings. The van der Waals surface area contributed by atoms with Crippen LogP contribution in [0.25, 0.3) is 0 Å². The molecule has 3 N–H and O–H groups in total. The molecule has 0 aliphatic carbocycles. The van der Waals surface area contributed by atoms with Gasteiger partial charge in [0.25, 0.3) is 0 Å². The number of hydrogen-bond acceptors (Lipinski definition) is 3. The van der Waals surface area contributed by atoms with Crippen molar-refractivity contribution in [2.45, 2.75) is 45.8 Å². The number of benzene rings is 1. The second-order valence-corrected chi connectivity index (χ2v) is 6.45. The SMILES string of the molecule is C[C@@H](N)c1cccc(C(F)(F)C(=O)C(C)(C)C)c1F.O=C(O)C(F)(F)F. The number of carboxylic acid groups (broad SMARTS) is 1. The minimum atomic E-state index is -5.08. The smallest absolute Gasteiger partial charge is 0.475 e. The molecule has 0 spiro atoms. The summed E-state index contributed by atoms with van der Waals surface area (Å²) in [5.41, 5.74) is 3.31. The summed E-state index contributed by atoms with van der Waals surface area (Å²) < 4.78 is 74.0. The molecule has 0 saturated carbocycles. The van der Waals surface area contributed by atoms with Crippen LogP contribution in [0.3, 0.4) is 0 Å². The van der Waals surface area contributed by atoms with Gasteiger partial charge in [-0.2, -0.15) is 22.0 Å². The van der Waals surface area contributed by atoms with E-state index in [1.807, 2.05) is 0 Å². The van der Waals surface area contributed by atoms with Crippen molar-refractivity contribution in [2.24, 2.45) is 11.1 Å². The first-order valence-electron chi connectivity index (χ1n) is 7.21. The molecule has 0 aliphatic rings. The van der Waals surface area contributed by atoms with Crippen LogP contribution < -0.4 is 5.73 Å². The van der Waals surface area contributed by atoms with Gasteiger partial charge < -0.3 is 10.8 Å². The second kappa shape index (κ2) is 8.07. The van der Waals surface area contributed by atoms with Crippen molar-refractivity contribution in [2.75, 3.05) is 0 Å². The maximum absolute atomic E-state index is 14.1. The lowest BCUT2D eigenvalue weighted by Crippen LogP contribution is -2.37. The number of alkyl halides is 5. The van der Waals surface area contributed by atoms with E-state index in [2.05, 4.69) is 0 Å². The zero-order valence-electron chi connectivity index (χ0n) is 14.4. The quantitative estimate of drug-likeness (QED) is 0.763. The van der Waals surface area contributed by atoms with Gasteiger partial charge in [0, 0.05) is 17.0 Å². The van der Waals surface area contributed by atoms with Crippen LogP contribution in [0.2, 0.25) is 0 Å². The Morgan fingerprint density at radius 1 is 1.08 bits per heavy atom. The van der Waals surface area contributed by atoms with Gasteiger partial charge in [-0.25, -0.2) is 9.18 Å². The molecule has 1 atom stereocenters. The monoisotopic (exact) mass is 387 g/mol. The zero-order chi connectivity index (χ0) is 21.1. The maximum Gasteiger partial charge on any atom is 0.490 e. The Labute approximate surface area is 146 Å². The van der Waals surface area contributed by atoms with Gasteiger partial charge in [0.15, 0.2) is 0 Å². The largest absolute Gasteiger partial charge is 0.490 e. The zero-order valence-corrected chi connectivity index (χ0v) is 14.4. The fraction of sp³-hybridized carbons (Fsp3) is 0.500. The lowest BCUT2D eigenvalue weighted by Gasteiger charge is -2.25. The number of halogens is 6. The fourth-order valence-corrected chi connectivity index (χ4v) is 1.74. The number of carbonyl (C=O) groups is 2. The van der Waals surface area contributed by atoms with E-state index in [9.17, 15) is 31.1 Å². The lowest BCUT2D eigenvalue weighted by molar-refractivity contribution is -0.192. The standard InChI is InChI=1S/C14H18F3NO.C2HF3O2/c1-8(18)9-6-5-7-10(11(9)15)14(16,17)12(19)13(2,3)4;3-2(4,5)1(6)7/h5-8H,18H2,1-4H3;(H,6,7)/t8-;/m1./s1. The molecule has 0 aromatic heterocycles. The van der Waals surface area contributed by atoms with E-state index in [0.717, 1.165) is 6.07 Å². The van der Waals surface area contributed by atoms with Crippen molar-refractivity contribution in [3.05, 3.63) is 35.1 Å². The Hall–Kier alpha value is -2.10. The Morgan fingerprint density at radius 2 is 1.50 bits per heavy atom. The minimum absolute atomic E-state index is 0.0288. The highest BCUT2D eigenvalue weighted by molar-refractivity contribution is 5.91. The van der Waals surface area contributed by atoms with Crippen LogP contribution in [0, 0.1) is 11.2 Å². The van der Waals surface area contributed by atoms with Gasteiger partial charge in [-0.3, -0.25) is 4.79 Å². The van der Waals surface area contributed by atoms with E-state index in [4.69, 9.17) is 15.6 Å². The maximum atomic E-state index is 14.1. The molecule has 148 valence electrons. The highest BCUT2D eigenvalue weighted by Crippen LogP contribution is 2.38. The van der Waals surface area contributed by atoms with E-state index in [1.165, 1.54) is 39.8 Å². The number of Topliss-reactive ketones (excluding diaryl/α,β-unsaturated/α-hetero) is 1. The molecule has 1 aromatic carbocycles. The summed E-state index contributed by atoms with van der Waals surface area (Å²) in [6.07, 6.45) is -5.08. The van der Waals surface area contributed by atoms with Crippen molar-refractivity contribution in [3.8, 4) is 0 Å². The number of carbonyl (C=O) groups excluding carboxylic acids is 1. The molecule has 10 heteroatoms. The first-order valence-corrected chi connectivity index (χ1v) is 7.21. The van der Waals surface area contributed by atoms with Crippen LogP contribution in [0.5, 0.6) is 0 Å². The predicted octanol–water partition coefficient (Wildman–Crippen LogP) is 4.19. The first-order chi connectivity index (χ1) is 11.4. The van der Waals surface area contributed by atoms with E-state index in [1.54, 1.807) is 0 Å². The lowest BCUT2D eigenvalue weighted by atomic mass is 9.84. The van der Waals surface area contributed by atoms with E-state index < -0.39 is 46.7 Å². The Morgan fingerprint density at radius 3 is 1.81 bits per heavy atom. The van der Waals surface area contributed by atoms with Crippen LogP contribution in [0.1, 0.15) is 44.9 Å². The topological polar surface area (TPSA) is 80.4 Å². The van der Waals surface area contributed by atoms with Gasteiger partial charge in [0.2, 0.25) is 5.78 Å². The third-order valence-electron chi connectivity index (χ3n) is 3.07. The van der Waals surface area contributed by atoms with Gasteiger partial charge in [-0.15, -0.1) is 0 Å². The molecule has 0 fully saturated rings.